The Bertz CT molecular complexity index is 409. The minimum absolute atomic E-state index is 0.368. The number of pyridine rings is 1. The summed E-state index contributed by atoms with van der Waals surface area (Å²) in [6, 6.07) is 1.69. The van der Waals surface area contributed by atoms with Crippen molar-refractivity contribution in [2.24, 2.45) is 0 Å². The smallest absolute Gasteiger partial charge is 0.147 e. The molecule has 4 nitrogen and oxygen atoms in total. The van der Waals surface area contributed by atoms with Crippen molar-refractivity contribution in [3.63, 3.8) is 0 Å². The summed E-state index contributed by atoms with van der Waals surface area (Å²) in [5.74, 6) is 1.28. The van der Waals surface area contributed by atoms with E-state index in [0.29, 0.717) is 27.8 Å². The van der Waals surface area contributed by atoms with Crippen LogP contribution in [0.1, 0.15) is 19.3 Å². The van der Waals surface area contributed by atoms with Crippen LogP contribution in [0.2, 0.25) is 10.0 Å². The van der Waals surface area contributed by atoms with E-state index < -0.39 is 0 Å². The van der Waals surface area contributed by atoms with E-state index in [4.69, 9.17) is 27.9 Å². The predicted octanol–water partition coefficient (Wildman–Crippen LogP) is 3.41. The number of ether oxygens (including phenoxy) is 1. The minimum atomic E-state index is 0.368. The molecule has 2 heterocycles. The summed E-state index contributed by atoms with van der Waals surface area (Å²) in [6.07, 6.45) is 3.64. The van der Waals surface area contributed by atoms with Crippen molar-refractivity contribution in [2.45, 2.75) is 25.4 Å². The Kier molecular flexibility index (Phi) is 4.92. The maximum Gasteiger partial charge on any atom is 0.147 e. The monoisotopic (exact) mass is 289 g/mol. The third-order valence-electron chi connectivity index (χ3n) is 2.95. The van der Waals surface area contributed by atoms with Gasteiger partial charge in [-0.25, -0.2) is 4.98 Å². The van der Waals surface area contributed by atoms with E-state index >= 15 is 0 Å². The van der Waals surface area contributed by atoms with Crippen molar-refractivity contribution in [1.29, 1.82) is 0 Å². The highest BCUT2D eigenvalue weighted by molar-refractivity contribution is 6.37. The standard InChI is InChI=1S/C12H17Cl2N3O/c1-15-11-9(13)7-10(14)12(17-11)16-5-4-8-3-2-6-18-8/h7-8H,2-6H2,1H3,(H2,15,16,17). The Balaban J connectivity index is 1.91. The molecule has 1 aromatic heterocycles. The van der Waals surface area contributed by atoms with Crippen molar-refractivity contribution in [3.05, 3.63) is 16.1 Å². The SMILES string of the molecule is CNc1nc(NCCC2CCCO2)c(Cl)cc1Cl. The molecule has 1 atom stereocenters. The first kappa shape index (κ1) is 13.7. The van der Waals surface area contributed by atoms with Gasteiger partial charge in [0.1, 0.15) is 11.6 Å². The van der Waals surface area contributed by atoms with Crippen LogP contribution < -0.4 is 10.6 Å². The molecule has 6 heteroatoms. The summed E-state index contributed by atoms with van der Waals surface area (Å²) in [4.78, 5) is 4.33. The van der Waals surface area contributed by atoms with E-state index in [1.807, 2.05) is 0 Å². The Morgan fingerprint density at radius 3 is 2.83 bits per heavy atom. The summed E-state index contributed by atoms with van der Waals surface area (Å²) in [5, 5.41) is 7.20. The van der Waals surface area contributed by atoms with Gasteiger partial charge < -0.3 is 15.4 Å². The lowest BCUT2D eigenvalue weighted by Crippen LogP contribution is -2.13. The van der Waals surface area contributed by atoms with Crippen molar-refractivity contribution >= 4 is 34.8 Å². The molecule has 0 bridgehead atoms. The van der Waals surface area contributed by atoms with Crippen molar-refractivity contribution < 1.29 is 4.74 Å². The van der Waals surface area contributed by atoms with Crippen LogP contribution in [0.15, 0.2) is 6.07 Å². The number of aromatic nitrogens is 1. The zero-order chi connectivity index (χ0) is 13.0. The second kappa shape index (κ2) is 6.45. The summed E-state index contributed by atoms with van der Waals surface area (Å²) >= 11 is 12.1. The van der Waals surface area contributed by atoms with Crippen LogP contribution in [-0.4, -0.2) is 31.3 Å². The number of nitrogens with zero attached hydrogens (tertiary/aromatic N) is 1. The zero-order valence-electron chi connectivity index (χ0n) is 10.3. The molecule has 1 aliphatic rings. The summed E-state index contributed by atoms with van der Waals surface area (Å²) < 4.78 is 5.56. The molecule has 0 spiro atoms. The first-order chi connectivity index (χ1) is 8.70. The average Bonchev–Trinajstić information content (AvgIpc) is 2.85. The van der Waals surface area contributed by atoms with Crippen LogP contribution in [0, 0.1) is 0 Å². The van der Waals surface area contributed by atoms with Crippen molar-refractivity contribution in [3.8, 4) is 0 Å². The molecule has 2 N–H and O–H groups in total. The van der Waals surface area contributed by atoms with Crippen molar-refractivity contribution in [1.82, 2.24) is 4.98 Å². The first-order valence-corrected chi connectivity index (χ1v) is 6.85. The molecular formula is C12H17Cl2N3O. The highest BCUT2D eigenvalue weighted by atomic mass is 35.5. The number of anilines is 2. The third kappa shape index (κ3) is 3.40. The lowest BCUT2D eigenvalue weighted by Gasteiger charge is -2.13. The van der Waals surface area contributed by atoms with Gasteiger partial charge in [0, 0.05) is 20.2 Å². The van der Waals surface area contributed by atoms with Gasteiger partial charge in [-0.1, -0.05) is 23.2 Å². The van der Waals surface area contributed by atoms with Crippen LogP contribution >= 0.6 is 23.2 Å². The van der Waals surface area contributed by atoms with E-state index in [1.54, 1.807) is 13.1 Å². The Morgan fingerprint density at radius 1 is 1.39 bits per heavy atom. The highest BCUT2D eigenvalue weighted by Gasteiger charge is 2.15. The van der Waals surface area contributed by atoms with Gasteiger partial charge in [0.2, 0.25) is 0 Å². The van der Waals surface area contributed by atoms with Gasteiger partial charge in [-0.3, -0.25) is 0 Å². The number of hydrogen-bond acceptors (Lipinski definition) is 4. The second-order valence-corrected chi connectivity index (χ2v) is 5.06. The predicted molar refractivity (Wildman–Crippen MR) is 75.9 cm³/mol. The quantitative estimate of drug-likeness (QED) is 0.872. The molecule has 1 unspecified atom stereocenters. The van der Waals surface area contributed by atoms with Crippen LogP contribution in [0.4, 0.5) is 11.6 Å². The van der Waals surface area contributed by atoms with E-state index in [2.05, 4.69) is 15.6 Å². The topological polar surface area (TPSA) is 46.2 Å². The van der Waals surface area contributed by atoms with Gasteiger partial charge in [-0.05, 0) is 25.3 Å². The molecule has 100 valence electrons. The first-order valence-electron chi connectivity index (χ1n) is 6.10. The lowest BCUT2D eigenvalue weighted by molar-refractivity contribution is 0.107. The maximum atomic E-state index is 6.09. The van der Waals surface area contributed by atoms with Gasteiger partial charge in [-0.15, -0.1) is 0 Å². The maximum absolute atomic E-state index is 6.09. The second-order valence-electron chi connectivity index (χ2n) is 4.25. The Morgan fingerprint density at radius 2 is 2.17 bits per heavy atom. The minimum Gasteiger partial charge on any atom is -0.378 e. The van der Waals surface area contributed by atoms with E-state index in [1.165, 1.54) is 0 Å². The van der Waals surface area contributed by atoms with E-state index in [9.17, 15) is 0 Å². The number of rotatable bonds is 5. The fourth-order valence-corrected chi connectivity index (χ4v) is 2.51. The lowest BCUT2D eigenvalue weighted by atomic mass is 10.2. The zero-order valence-corrected chi connectivity index (χ0v) is 11.8. The van der Waals surface area contributed by atoms with Crippen LogP contribution in [0.25, 0.3) is 0 Å². The Labute approximate surface area is 117 Å². The number of nitrogens with one attached hydrogen (secondary N) is 2. The highest BCUT2D eigenvalue weighted by Crippen LogP contribution is 2.29. The number of halogens is 2. The van der Waals surface area contributed by atoms with Gasteiger partial charge in [0.15, 0.2) is 0 Å². The van der Waals surface area contributed by atoms with Gasteiger partial charge in [0.05, 0.1) is 16.1 Å². The molecule has 0 saturated carbocycles. The molecule has 1 aromatic rings. The third-order valence-corrected chi connectivity index (χ3v) is 3.53. The summed E-state index contributed by atoms with van der Waals surface area (Å²) in [5.41, 5.74) is 0. The van der Waals surface area contributed by atoms with Crippen LogP contribution in [-0.2, 0) is 4.74 Å². The van der Waals surface area contributed by atoms with Gasteiger partial charge in [0.25, 0.3) is 0 Å². The largest absolute Gasteiger partial charge is 0.378 e. The molecule has 2 rings (SSSR count). The molecule has 0 aromatic carbocycles. The molecular weight excluding hydrogens is 273 g/mol. The van der Waals surface area contributed by atoms with E-state index in [0.717, 1.165) is 32.4 Å². The number of hydrogen-bond donors (Lipinski definition) is 2. The molecule has 1 saturated heterocycles. The molecule has 18 heavy (non-hydrogen) atoms. The molecule has 0 amide bonds. The van der Waals surface area contributed by atoms with Crippen LogP contribution in [0.3, 0.4) is 0 Å². The molecule has 0 radical (unpaired) electrons. The normalized spacial score (nSPS) is 18.9. The molecule has 1 aliphatic heterocycles. The fourth-order valence-electron chi connectivity index (χ4n) is 1.99. The van der Waals surface area contributed by atoms with Gasteiger partial charge in [-0.2, -0.15) is 0 Å². The van der Waals surface area contributed by atoms with Gasteiger partial charge >= 0.3 is 0 Å². The molecule has 0 aliphatic carbocycles. The van der Waals surface area contributed by atoms with Crippen LogP contribution in [0.5, 0.6) is 0 Å². The van der Waals surface area contributed by atoms with Crippen molar-refractivity contribution in [2.75, 3.05) is 30.8 Å². The average molecular weight is 290 g/mol. The Hall–Kier alpha value is -0.710. The fraction of sp³-hybridized carbons (Fsp3) is 0.583. The summed E-state index contributed by atoms with van der Waals surface area (Å²) in [7, 11) is 1.78. The van der Waals surface area contributed by atoms with E-state index in [-0.39, 0.29) is 0 Å². The summed E-state index contributed by atoms with van der Waals surface area (Å²) in [6.45, 7) is 1.68. The molecule has 1 fully saturated rings.